The van der Waals surface area contributed by atoms with Gasteiger partial charge in [-0.05, 0) is 77.3 Å². The molecule has 3 heterocycles. The van der Waals surface area contributed by atoms with Crippen LogP contribution in [-0.4, -0.2) is 11.7 Å². The zero-order valence-corrected chi connectivity index (χ0v) is 25.7. The third-order valence-corrected chi connectivity index (χ3v) is 9.66. The minimum atomic E-state index is 0.0788. The highest BCUT2D eigenvalue weighted by Gasteiger charge is 2.46. The van der Waals surface area contributed by atoms with Crippen LogP contribution >= 0.6 is 0 Å². The van der Waals surface area contributed by atoms with Crippen LogP contribution in [0.15, 0.2) is 133 Å². The standard InChI is InChI=1S/C41H32BN3/c1-26(2)36-38-30-20-10-13-23-33(30)43-27(3)37(38)41-39-40(36)44(28-16-6-4-7-17-28)34-24-14-11-21-31(34)42(39)32-22-12-15-25-35(32)45(41)29-18-8-5-9-19-29/h4-26H,1-3H3. The normalized spacial score (nSPS) is 13.3. The molecule has 3 nitrogen and oxygen atoms in total. The Morgan fingerprint density at radius 1 is 0.556 bits per heavy atom. The second-order valence-electron chi connectivity index (χ2n) is 12.5. The molecule has 9 rings (SSSR count). The maximum Gasteiger partial charge on any atom is 0.252 e. The molecule has 2 aliphatic rings. The average molecular weight is 578 g/mol. The summed E-state index contributed by atoms with van der Waals surface area (Å²) in [5.74, 6) is 0.262. The SMILES string of the molecule is Cc1nc2ccccc2c2c(C(C)C)c3c4c(c12)N(c1ccccc1)c1ccccc1B4c1ccccc1N3c1ccccc1. The number of hydrogen-bond acceptors (Lipinski definition) is 3. The summed E-state index contributed by atoms with van der Waals surface area (Å²) in [7, 11) is 0. The Hall–Kier alpha value is -5.35. The van der Waals surface area contributed by atoms with Gasteiger partial charge < -0.3 is 9.80 Å². The smallest absolute Gasteiger partial charge is 0.252 e. The number of anilines is 6. The lowest BCUT2D eigenvalue weighted by molar-refractivity contribution is 0.875. The second-order valence-corrected chi connectivity index (χ2v) is 12.5. The molecule has 0 saturated carbocycles. The minimum Gasteiger partial charge on any atom is -0.311 e. The van der Waals surface area contributed by atoms with Crippen LogP contribution < -0.4 is 26.2 Å². The Morgan fingerprint density at radius 2 is 1.07 bits per heavy atom. The number of rotatable bonds is 3. The molecule has 0 radical (unpaired) electrons. The number of aromatic nitrogens is 1. The molecule has 1 aromatic heterocycles. The second kappa shape index (κ2) is 9.83. The molecule has 4 heteroatoms. The average Bonchev–Trinajstić information content (AvgIpc) is 3.08. The monoisotopic (exact) mass is 577 g/mol. The highest BCUT2D eigenvalue weighted by Crippen LogP contribution is 2.52. The number of benzene rings is 6. The molecule has 0 unspecified atom stereocenters. The van der Waals surface area contributed by atoms with Gasteiger partial charge in [0.25, 0.3) is 6.71 Å². The maximum absolute atomic E-state index is 5.28. The molecule has 0 bridgehead atoms. The lowest BCUT2D eigenvalue weighted by Gasteiger charge is -2.46. The van der Waals surface area contributed by atoms with Crippen molar-refractivity contribution in [2.45, 2.75) is 26.7 Å². The van der Waals surface area contributed by atoms with E-state index in [0.29, 0.717) is 0 Å². The van der Waals surface area contributed by atoms with E-state index in [2.05, 4.69) is 164 Å². The molecule has 214 valence electrons. The van der Waals surface area contributed by atoms with E-state index in [4.69, 9.17) is 4.98 Å². The predicted molar refractivity (Wildman–Crippen MR) is 192 cm³/mol. The van der Waals surface area contributed by atoms with Crippen LogP contribution in [0.5, 0.6) is 0 Å². The van der Waals surface area contributed by atoms with Crippen molar-refractivity contribution in [2.24, 2.45) is 0 Å². The van der Waals surface area contributed by atoms with Gasteiger partial charge in [-0.25, -0.2) is 0 Å². The first-order chi connectivity index (χ1) is 22.1. The van der Waals surface area contributed by atoms with E-state index in [-0.39, 0.29) is 12.6 Å². The highest BCUT2D eigenvalue weighted by atomic mass is 15.2. The van der Waals surface area contributed by atoms with E-state index in [1.807, 2.05) is 0 Å². The first-order valence-corrected chi connectivity index (χ1v) is 15.9. The summed E-state index contributed by atoms with van der Waals surface area (Å²) in [6.07, 6.45) is 0. The van der Waals surface area contributed by atoms with Gasteiger partial charge >= 0.3 is 0 Å². The van der Waals surface area contributed by atoms with Crippen LogP contribution in [0.2, 0.25) is 0 Å². The van der Waals surface area contributed by atoms with E-state index in [1.54, 1.807) is 0 Å². The number of pyridine rings is 1. The maximum atomic E-state index is 5.28. The fourth-order valence-electron chi connectivity index (χ4n) is 8.00. The van der Waals surface area contributed by atoms with Crippen LogP contribution in [-0.2, 0) is 0 Å². The quantitative estimate of drug-likeness (QED) is 0.154. The largest absolute Gasteiger partial charge is 0.311 e. The van der Waals surface area contributed by atoms with Crippen molar-refractivity contribution in [1.82, 2.24) is 4.98 Å². The van der Waals surface area contributed by atoms with Crippen molar-refractivity contribution in [1.29, 1.82) is 0 Å². The van der Waals surface area contributed by atoms with Gasteiger partial charge in [0, 0.05) is 50.3 Å². The summed E-state index contributed by atoms with van der Waals surface area (Å²) >= 11 is 0. The first kappa shape index (κ1) is 26.1. The summed E-state index contributed by atoms with van der Waals surface area (Å²) in [5, 5.41) is 3.75. The molecule has 0 N–H and O–H groups in total. The van der Waals surface area contributed by atoms with E-state index in [1.165, 1.54) is 66.5 Å². The molecule has 0 saturated heterocycles. The number of aryl methyl sites for hydroxylation is 1. The van der Waals surface area contributed by atoms with Gasteiger partial charge in [-0.2, -0.15) is 0 Å². The van der Waals surface area contributed by atoms with Gasteiger partial charge in [-0.3, -0.25) is 4.98 Å². The lowest BCUT2D eigenvalue weighted by atomic mass is 9.33. The fraction of sp³-hybridized carbons (Fsp3) is 0.0976. The zero-order valence-electron chi connectivity index (χ0n) is 25.7. The summed E-state index contributed by atoms with van der Waals surface area (Å²) in [5.41, 5.74) is 14.8. The molecular formula is C41H32BN3. The van der Waals surface area contributed by atoms with E-state index >= 15 is 0 Å². The molecule has 0 atom stereocenters. The Balaban J connectivity index is 1.58. The van der Waals surface area contributed by atoms with Crippen molar-refractivity contribution in [3.63, 3.8) is 0 Å². The van der Waals surface area contributed by atoms with Gasteiger partial charge in [0.2, 0.25) is 0 Å². The van der Waals surface area contributed by atoms with Crippen LogP contribution in [0.1, 0.15) is 31.0 Å². The van der Waals surface area contributed by atoms with Gasteiger partial charge in [-0.1, -0.05) is 105 Å². The number of para-hydroxylation sites is 5. The zero-order chi connectivity index (χ0) is 30.2. The van der Waals surface area contributed by atoms with Crippen molar-refractivity contribution in [2.75, 3.05) is 9.80 Å². The van der Waals surface area contributed by atoms with E-state index in [0.717, 1.165) is 16.9 Å². The van der Waals surface area contributed by atoms with Crippen molar-refractivity contribution < 1.29 is 0 Å². The van der Waals surface area contributed by atoms with E-state index in [9.17, 15) is 0 Å². The molecular weight excluding hydrogens is 545 g/mol. The topological polar surface area (TPSA) is 19.4 Å². The van der Waals surface area contributed by atoms with Crippen LogP contribution in [0, 0.1) is 6.92 Å². The van der Waals surface area contributed by atoms with Crippen LogP contribution in [0.25, 0.3) is 21.7 Å². The molecule has 6 aromatic carbocycles. The van der Waals surface area contributed by atoms with Crippen molar-refractivity contribution >= 4 is 78.9 Å². The predicted octanol–water partition coefficient (Wildman–Crippen LogP) is 8.90. The van der Waals surface area contributed by atoms with Crippen molar-refractivity contribution in [3.05, 3.63) is 145 Å². The molecule has 0 fully saturated rings. The Bertz CT molecular complexity index is 2270. The summed E-state index contributed by atoms with van der Waals surface area (Å²) in [4.78, 5) is 10.3. The number of fused-ring (bicyclic) bond motifs is 8. The third kappa shape index (κ3) is 3.63. The summed E-state index contributed by atoms with van der Waals surface area (Å²) in [6, 6.07) is 48.5. The van der Waals surface area contributed by atoms with Gasteiger partial charge in [0.1, 0.15) is 0 Å². The number of hydrogen-bond donors (Lipinski definition) is 0. The first-order valence-electron chi connectivity index (χ1n) is 15.9. The highest BCUT2D eigenvalue weighted by molar-refractivity contribution is 7.00. The lowest BCUT2D eigenvalue weighted by Crippen LogP contribution is -2.61. The summed E-state index contributed by atoms with van der Waals surface area (Å²) < 4.78 is 0. The molecule has 2 aliphatic heterocycles. The van der Waals surface area contributed by atoms with E-state index < -0.39 is 0 Å². The third-order valence-electron chi connectivity index (χ3n) is 9.66. The van der Waals surface area contributed by atoms with Crippen LogP contribution in [0.3, 0.4) is 0 Å². The summed E-state index contributed by atoms with van der Waals surface area (Å²) in [6.45, 7) is 6.99. The Kier molecular flexibility index (Phi) is 5.70. The van der Waals surface area contributed by atoms with Crippen molar-refractivity contribution in [3.8, 4) is 0 Å². The Labute approximate surface area is 264 Å². The van der Waals surface area contributed by atoms with Gasteiger partial charge in [0.05, 0.1) is 11.2 Å². The molecule has 45 heavy (non-hydrogen) atoms. The van der Waals surface area contributed by atoms with Gasteiger partial charge in [0.15, 0.2) is 0 Å². The number of nitrogens with zero attached hydrogens (tertiary/aromatic N) is 3. The van der Waals surface area contributed by atoms with Gasteiger partial charge in [-0.15, -0.1) is 0 Å². The molecule has 0 aliphatic carbocycles. The molecule has 0 spiro atoms. The Morgan fingerprint density at radius 3 is 1.67 bits per heavy atom. The molecule has 0 amide bonds. The molecule has 7 aromatic rings. The van der Waals surface area contributed by atoms with Crippen LogP contribution in [0.4, 0.5) is 34.1 Å². The minimum absolute atomic E-state index is 0.0788. The fourth-order valence-corrected chi connectivity index (χ4v) is 8.00.